The first-order valence-electron chi connectivity index (χ1n) is 9.03. The third-order valence-corrected chi connectivity index (χ3v) is 5.35. The minimum absolute atomic E-state index is 0.0765. The van der Waals surface area contributed by atoms with Crippen LogP contribution < -0.4 is 10.6 Å². The van der Waals surface area contributed by atoms with Crippen LogP contribution in [0.1, 0.15) is 39.1 Å². The van der Waals surface area contributed by atoms with Gasteiger partial charge in [-0.15, -0.1) is 11.8 Å². The highest BCUT2D eigenvalue weighted by Gasteiger charge is 2.19. The first-order chi connectivity index (χ1) is 13.1. The lowest BCUT2D eigenvalue weighted by Crippen LogP contribution is -2.32. The lowest BCUT2D eigenvalue weighted by atomic mass is 10.1. The molecule has 1 atom stereocenters. The summed E-state index contributed by atoms with van der Waals surface area (Å²) in [6, 6.07) is 12.8. The highest BCUT2D eigenvalue weighted by molar-refractivity contribution is 7.98. The van der Waals surface area contributed by atoms with Gasteiger partial charge >= 0.3 is 0 Å². The van der Waals surface area contributed by atoms with Crippen LogP contribution in [-0.2, 0) is 4.74 Å². The van der Waals surface area contributed by atoms with Crippen molar-refractivity contribution in [1.82, 2.24) is 5.32 Å². The van der Waals surface area contributed by atoms with Crippen LogP contribution in [0.2, 0.25) is 0 Å². The molecule has 3 rings (SSSR count). The highest BCUT2D eigenvalue weighted by atomic mass is 32.2. The topological polar surface area (TPSA) is 67.4 Å². The fraction of sp³-hybridized carbons (Fsp3) is 0.333. The van der Waals surface area contributed by atoms with Gasteiger partial charge in [0.05, 0.1) is 17.4 Å². The van der Waals surface area contributed by atoms with Crippen molar-refractivity contribution < 1.29 is 14.3 Å². The predicted molar refractivity (Wildman–Crippen MR) is 109 cm³/mol. The molecule has 0 saturated carbocycles. The van der Waals surface area contributed by atoms with E-state index in [4.69, 9.17) is 4.74 Å². The van der Waals surface area contributed by atoms with Gasteiger partial charge in [-0.05, 0) is 55.9 Å². The standard InChI is InChI=1S/C21H24N2O3S/c1-14-9-10-16(27-2)12-18(14)21(25)23-19-8-4-3-7-17(19)20(24)22-13-15-6-5-11-26-15/h3-4,7-10,12,15H,5-6,11,13H2,1-2H3,(H,22,24)(H,23,25). The SMILES string of the molecule is CSc1ccc(C)c(C(=O)Nc2ccccc2C(=O)NCC2CCCO2)c1. The van der Waals surface area contributed by atoms with Crippen LogP contribution >= 0.6 is 11.8 Å². The number of aryl methyl sites for hydroxylation is 1. The van der Waals surface area contributed by atoms with Crippen LogP contribution in [0.5, 0.6) is 0 Å². The van der Waals surface area contributed by atoms with Gasteiger partial charge in [0, 0.05) is 23.6 Å². The van der Waals surface area contributed by atoms with Crippen LogP contribution in [0.4, 0.5) is 5.69 Å². The number of hydrogen-bond acceptors (Lipinski definition) is 4. The minimum Gasteiger partial charge on any atom is -0.376 e. The normalized spacial score (nSPS) is 16.1. The van der Waals surface area contributed by atoms with Crippen LogP contribution in [0.15, 0.2) is 47.4 Å². The molecule has 1 unspecified atom stereocenters. The Morgan fingerprint density at radius 3 is 2.70 bits per heavy atom. The van der Waals surface area contributed by atoms with Gasteiger partial charge in [-0.3, -0.25) is 9.59 Å². The van der Waals surface area contributed by atoms with Crippen molar-refractivity contribution in [3.05, 3.63) is 59.2 Å². The Morgan fingerprint density at radius 1 is 1.15 bits per heavy atom. The number of anilines is 1. The fourth-order valence-electron chi connectivity index (χ4n) is 3.06. The van der Waals surface area contributed by atoms with E-state index >= 15 is 0 Å². The molecule has 0 aromatic heterocycles. The van der Waals surface area contributed by atoms with Crippen molar-refractivity contribution in [1.29, 1.82) is 0 Å². The number of carbonyl (C=O) groups excluding carboxylic acids is 2. The number of para-hydroxylation sites is 1. The Bertz CT molecular complexity index is 832. The van der Waals surface area contributed by atoms with Gasteiger partial charge < -0.3 is 15.4 Å². The van der Waals surface area contributed by atoms with Crippen LogP contribution in [-0.4, -0.2) is 37.3 Å². The number of nitrogens with one attached hydrogen (secondary N) is 2. The van der Waals surface area contributed by atoms with Crippen LogP contribution in [0.3, 0.4) is 0 Å². The highest BCUT2D eigenvalue weighted by Crippen LogP contribution is 2.22. The van der Waals surface area contributed by atoms with E-state index in [1.165, 1.54) is 0 Å². The summed E-state index contributed by atoms with van der Waals surface area (Å²) in [6.45, 7) is 3.14. The molecule has 0 aliphatic carbocycles. The first-order valence-corrected chi connectivity index (χ1v) is 10.3. The van der Waals surface area contributed by atoms with Crippen molar-refractivity contribution >= 4 is 29.3 Å². The third kappa shape index (κ3) is 4.90. The van der Waals surface area contributed by atoms with E-state index in [1.807, 2.05) is 31.4 Å². The number of amides is 2. The number of hydrogen-bond donors (Lipinski definition) is 2. The van der Waals surface area contributed by atoms with Crippen molar-refractivity contribution in [2.45, 2.75) is 30.8 Å². The van der Waals surface area contributed by atoms with Gasteiger partial charge in [0.1, 0.15) is 0 Å². The second kappa shape index (κ2) is 9.06. The zero-order valence-corrected chi connectivity index (χ0v) is 16.4. The van der Waals surface area contributed by atoms with E-state index in [-0.39, 0.29) is 17.9 Å². The molecule has 2 aromatic carbocycles. The summed E-state index contributed by atoms with van der Waals surface area (Å²) < 4.78 is 5.54. The Kier molecular flexibility index (Phi) is 6.53. The monoisotopic (exact) mass is 384 g/mol. The van der Waals surface area contributed by atoms with Gasteiger partial charge in [-0.25, -0.2) is 0 Å². The maximum Gasteiger partial charge on any atom is 0.255 e. The minimum atomic E-state index is -0.220. The molecule has 0 spiro atoms. The summed E-state index contributed by atoms with van der Waals surface area (Å²) in [5.41, 5.74) is 2.45. The molecule has 6 heteroatoms. The molecule has 1 aliphatic heterocycles. The maximum absolute atomic E-state index is 12.8. The molecule has 0 bridgehead atoms. The number of benzene rings is 2. The summed E-state index contributed by atoms with van der Waals surface area (Å²) >= 11 is 1.59. The largest absolute Gasteiger partial charge is 0.376 e. The fourth-order valence-corrected chi connectivity index (χ4v) is 3.50. The van der Waals surface area contributed by atoms with E-state index in [1.54, 1.807) is 36.0 Å². The second-order valence-corrected chi connectivity index (χ2v) is 7.41. The van der Waals surface area contributed by atoms with E-state index in [0.29, 0.717) is 23.4 Å². The van der Waals surface area contributed by atoms with Crippen molar-refractivity contribution in [3.8, 4) is 0 Å². The molecule has 2 aromatic rings. The van der Waals surface area contributed by atoms with Crippen LogP contribution in [0, 0.1) is 6.92 Å². The molecule has 5 nitrogen and oxygen atoms in total. The quantitative estimate of drug-likeness (QED) is 0.742. The Hall–Kier alpha value is -2.31. The zero-order chi connectivity index (χ0) is 19.2. The summed E-state index contributed by atoms with van der Waals surface area (Å²) in [5.74, 6) is -0.432. The van der Waals surface area contributed by atoms with Gasteiger partial charge in [0.15, 0.2) is 0 Å². The number of rotatable bonds is 6. The van der Waals surface area contributed by atoms with E-state index in [2.05, 4.69) is 10.6 Å². The lowest BCUT2D eigenvalue weighted by molar-refractivity contribution is 0.0858. The summed E-state index contributed by atoms with van der Waals surface area (Å²) in [7, 11) is 0. The molecule has 1 saturated heterocycles. The van der Waals surface area contributed by atoms with Gasteiger partial charge in [-0.2, -0.15) is 0 Å². The zero-order valence-electron chi connectivity index (χ0n) is 15.6. The van der Waals surface area contributed by atoms with E-state index in [0.717, 1.165) is 29.9 Å². The molecule has 1 aliphatic rings. The molecule has 1 fully saturated rings. The van der Waals surface area contributed by atoms with Gasteiger partial charge in [-0.1, -0.05) is 18.2 Å². The number of thioether (sulfide) groups is 1. The average Bonchev–Trinajstić information content (AvgIpc) is 3.20. The number of ether oxygens (including phenoxy) is 1. The van der Waals surface area contributed by atoms with Gasteiger partial charge in [0.2, 0.25) is 0 Å². The van der Waals surface area contributed by atoms with Crippen molar-refractivity contribution in [2.75, 3.05) is 24.7 Å². The molecule has 1 heterocycles. The first kappa shape index (κ1) is 19.5. The van der Waals surface area contributed by atoms with Crippen molar-refractivity contribution in [3.63, 3.8) is 0 Å². The van der Waals surface area contributed by atoms with Gasteiger partial charge in [0.25, 0.3) is 11.8 Å². The average molecular weight is 385 g/mol. The summed E-state index contributed by atoms with van der Waals surface area (Å²) in [4.78, 5) is 26.4. The van der Waals surface area contributed by atoms with E-state index < -0.39 is 0 Å². The molecular weight excluding hydrogens is 360 g/mol. The molecule has 2 N–H and O–H groups in total. The summed E-state index contributed by atoms with van der Waals surface area (Å²) in [5, 5.41) is 5.79. The Labute approximate surface area is 163 Å². The maximum atomic E-state index is 12.8. The molecule has 2 amide bonds. The third-order valence-electron chi connectivity index (χ3n) is 4.62. The predicted octanol–water partition coefficient (Wildman–Crippen LogP) is 3.88. The second-order valence-electron chi connectivity index (χ2n) is 6.53. The molecular formula is C21H24N2O3S. The Balaban J connectivity index is 1.73. The van der Waals surface area contributed by atoms with Crippen molar-refractivity contribution in [2.24, 2.45) is 0 Å². The summed E-state index contributed by atoms with van der Waals surface area (Å²) in [6.07, 6.45) is 4.04. The molecule has 142 valence electrons. The lowest BCUT2D eigenvalue weighted by Gasteiger charge is -2.14. The Morgan fingerprint density at radius 2 is 1.96 bits per heavy atom. The van der Waals surface area contributed by atoms with E-state index in [9.17, 15) is 9.59 Å². The molecule has 27 heavy (non-hydrogen) atoms. The smallest absolute Gasteiger partial charge is 0.255 e. The number of carbonyl (C=O) groups is 2. The molecule has 0 radical (unpaired) electrons. The van der Waals surface area contributed by atoms with Crippen LogP contribution in [0.25, 0.3) is 0 Å².